The molecule has 1 atom stereocenters. The first-order valence-electron chi connectivity index (χ1n) is 9.73. The third-order valence-corrected chi connectivity index (χ3v) is 5.31. The number of alkyl halides is 3. The lowest BCUT2D eigenvalue weighted by molar-refractivity contribution is -0.389. The van der Waals surface area contributed by atoms with Crippen LogP contribution in [0.15, 0.2) is 36.5 Å². The van der Waals surface area contributed by atoms with Crippen molar-refractivity contribution in [1.29, 1.82) is 0 Å². The van der Waals surface area contributed by atoms with Crippen LogP contribution in [0.4, 0.5) is 23.8 Å². The number of nitrogens with zero attached hydrogens (tertiary/aromatic N) is 4. The minimum atomic E-state index is -4.38. The highest BCUT2D eigenvalue weighted by atomic mass is 19.4. The fourth-order valence-electron chi connectivity index (χ4n) is 3.63. The largest absolute Gasteiger partial charge is 0.445 e. The molecule has 2 aliphatic heterocycles. The average Bonchev–Trinajstić information content (AvgIpc) is 3.27. The maximum absolute atomic E-state index is 12.7. The zero-order chi connectivity index (χ0) is 23.1. The lowest BCUT2D eigenvalue weighted by atomic mass is 9.98. The standard InChI is InChI=1S/C20H19F3N4O5/c1-19(11-26-10-16(27(29)30)24-17(26)32-19)12-31-18(28)25-8-6-14(7-9-25)13-2-4-15(5-3-13)20(21,22)23/h2-6,10H,7-9,11-12H2,1H3/t19-/m1/s1. The van der Waals surface area contributed by atoms with Gasteiger partial charge in [-0.25, -0.2) is 4.79 Å². The Labute approximate surface area is 180 Å². The molecule has 0 spiro atoms. The van der Waals surface area contributed by atoms with Crippen LogP contribution < -0.4 is 4.74 Å². The Bertz CT molecular complexity index is 1050. The summed E-state index contributed by atoms with van der Waals surface area (Å²) < 4.78 is 50.6. The first kappa shape index (κ1) is 21.7. The van der Waals surface area contributed by atoms with E-state index in [1.165, 1.54) is 27.8 Å². The van der Waals surface area contributed by atoms with Gasteiger partial charge in [0, 0.05) is 18.1 Å². The van der Waals surface area contributed by atoms with Crippen LogP contribution in [0.5, 0.6) is 6.01 Å². The van der Waals surface area contributed by atoms with E-state index in [9.17, 15) is 28.1 Å². The zero-order valence-corrected chi connectivity index (χ0v) is 17.0. The van der Waals surface area contributed by atoms with Crippen LogP contribution in [0, 0.1) is 10.1 Å². The molecular formula is C20H19F3N4O5. The summed E-state index contributed by atoms with van der Waals surface area (Å²) in [6, 6.07) is 5.03. The first-order valence-corrected chi connectivity index (χ1v) is 9.73. The van der Waals surface area contributed by atoms with E-state index in [1.807, 2.05) is 0 Å². The normalized spacial score (nSPS) is 20.4. The Kier molecular flexibility index (Phi) is 5.31. The molecule has 9 nitrogen and oxygen atoms in total. The molecule has 0 N–H and O–H groups in total. The lowest BCUT2D eigenvalue weighted by Crippen LogP contribution is -2.42. The minimum absolute atomic E-state index is 0.0744. The van der Waals surface area contributed by atoms with Crippen molar-refractivity contribution in [2.24, 2.45) is 0 Å². The van der Waals surface area contributed by atoms with Gasteiger partial charge in [0.1, 0.15) is 12.8 Å². The van der Waals surface area contributed by atoms with E-state index in [0.717, 1.165) is 17.7 Å². The predicted octanol–water partition coefficient (Wildman–Crippen LogP) is 3.89. The van der Waals surface area contributed by atoms with Gasteiger partial charge in [0.2, 0.25) is 0 Å². The second-order valence-corrected chi connectivity index (χ2v) is 7.87. The fourth-order valence-corrected chi connectivity index (χ4v) is 3.63. The van der Waals surface area contributed by atoms with Crippen LogP contribution in [0.3, 0.4) is 0 Å². The molecule has 0 aliphatic carbocycles. The number of nitro groups is 1. The van der Waals surface area contributed by atoms with Crippen molar-refractivity contribution in [3.05, 3.63) is 57.8 Å². The molecule has 0 saturated heterocycles. The van der Waals surface area contributed by atoms with Crippen molar-refractivity contribution in [2.45, 2.75) is 31.7 Å². The Balaban J connectivity index is 1.30. The molecule has 0 saturated carbocycles. The van der Waals surface area contributed by atoms with Gasteiger partial charge < -0.3 is 24.5 Å². The number of rotatable bonds is 4. The van der Waals surface area contributed by atoms with Crippen molar-refractivity contribution in [3.8, 4) is 6.01 Å². The highest BCUT2D eigenvalue weighted by molar-refractivity contribution is 5.72. The van der Waals surface area contributed by atoms with E-state index in [-0.39, 0.29) is 31.5 Å². The number of amides is 1. The van der Waals surface area contributed by atoms with Gasteiger partial charge in [-0.1, -0.05) is 18.2 Å². The second kappa shape index (κ2) is 7.84. The predicted molar refractivity (Wildman–Crippen MR) is 105 cm³/mol. The second-order valence-electron chi connectivity index (χ2n) is 7.87. The van der Waals surface area contributed by atoms with E-state index in [4.69, 9.17) is 9.47 Å². The maximum Gasteiger partial charge on any atom is 0.416 e. The quantitative estimate of drug-likeness (QED) is 0.516. The molecule has 0 fully saturated rings. The summed E-state index contributed by atoms with van der Waals surface area (Å²) in [7, 11) is 0. The average molecular weight is 452 g/mol. The van der Waals surface area contributed by atoms with Crippen LogP contribution in [0.2, 0.25) is 0 Å². The highest BCUT2D eigenvalue weighted by Gasteiger charge is 2.41. The summed E-state index contributed by atoms with van der Waals surface area (Å²) in [5.74, 6) is -0.317. The maximum atomic E-state index is 12.7. The van der Waals surface area contributed by atoms with Crippen molar-refractivity contribution in [2.75, 3.05) is 19.7 Å². The van der Waals surface area contributed by atoms with Gasteiger partial charge in [-0.2, -0.15) is 13.2 Å². The van der Waals surface area contributed by atoms with E-state index >= 15 is 0 Å². The van der Waals surface area contributed by atoms with Gasteiger partial charge in [0.25, 0.3) is 0 Å². The molecule has 12 heteroatoms. The number of fused-ring (bicyclic) bond motifs is 1. The molecule has 3 heterocycles. The number of aromatic nitrogens is 2. The summed E-state index contributed by atoms with van der Waals surface area (Å²) in [5, 5.41) is 10.8. The van der Waals surface area contributed by atoms with Crippen LogP contribution in [0.1, 0.15) is 24.5 Å². The summed E-state index contributed by atoms with van der Waals surface area (Å²) >= 11 is 0. The number of hydrogen-bond acceptors (Lipinski definition) is 6. The van der Waals surface area contributed by atoms with Crippen LogP contribution in [0.25, 0.3) is 5.57 Å². The van der Waals surface area contributed by atoms with Gasteiger partial charge in [-0.3, -0.25) is 4.57 Å². The van der Waals surface area contributed by atoms with E-state index in [1.54, 1.807) is 13.0 Å². The third kappa shape index (κ3) is 4.39. The monoisotopic (exact) mass is 452 g/mol. The molecule has 0 unspecified atom stereocenters. The molecule has 1 aromatic heterocycles. The van der Waals surface area contributed by atoms with Gasteiger partial charge in [-0.05, 0) is 41.5 Å². The van der Waals surface area contributed by atoms with Crippen LogP contribution in [-0.4, -0.2) is 50.8 Å². The number of ether oxygens (including phenoxy) is 2. The molecule has 0 radical (unpaired) electrons. The molecule has 1 amide bonds. The smallest absolute Gasteiger partial charge is 0.416 e. The van der Waals surface area contributed by atoms with Crippen LogP contribution in [-0.2, 0) is 17.5 Å². The highest BCUT2D eigenvalue weighted by Crippen LogP contribution is 2.32. The summed E-state index contributed by atoms with van der Waals surface area (Å²) in [6.45, 7) is 2.50. The third-order valence-electron chi connectivity index (χ3n) is 5.31. The van der Waals surface area contributed by atoms with E-state index in [2.05, 4.69) is 4.98 Å². The number of carbonyl (C=O) groups is 1. The van der Waals surface area contributed by atoms with Crippen LogP contribution >= 0.6 is 0 Å². The molecule has 0 bridgehead atoms. The fraction of sp³-hybridized carbons (Fsp3) is 0.400. The van der Waals surface area contributed by atoms with E-state index < -0.39 is 28.4 Å². The minimum Gasteiger partial charge on any atom is -0.445 e. The Hall–Kier alpha value is -3.57. The van der Waals surface area contributed by atoms with E-state index in [0.29, 0.717) is 18.5 Å². The molecule has 4 rings (SSSR count). The van der Waals surface area contributed by atoms with Gasteiger partial charge in [0.15, 0.2) is 5.60 Å². The number of halogens is 3. The first-order chi connectivity index (χ1) is 15.0. The molecule has 170 valence electrons. The molecule has 2 aliphatic rings. The number of carbonyl (C=O) groups excluding carboxylic acids is 1. The summed E-state index contributed by atoms with van der Waals surface area (Å²) in [6.07, 6.45) is -1.40. The number of imidazole rings is 1. The Morgan fingerprint density at radius 1 is 1.34 bits per heavy atom. The molecule has 1 aromatic carbocycles. The number of hydrogen-bond donors (Lipinski definition) is 0. The molecule has 2 aromatic rings. The summed E-state index contributed by atoms with van der Waals surface area (Å²) in [5.41, 5.74) is -0.0614. The van der Waals surface area contributed by atoms with Crippen molar-refractivity contribution < 1.29 is 32.4 Å². The van der Waals surface area contributed by atoms with Crippen molar-refractivity contribution >= 4 is 17.5 Å². The lowest BCUT2D eigenvalue weighted by Gasteiger charge is -2.28. The molecule has 32 heavy (non-hydrogen) atoms. The van der Waals surface area contributed by atoms with Crippen molar-refractivity contribution in [1.82, 2.24) is 14.5 Å². The zero-order valence-electron chi connectivity index (χ0n) is 17.0. The van der Waals surface area contributed by atoms with Gasteiger partial charge in [-0.15, -0.1) is 0 Å². The Morgan fingerprint density at radius 2 is 2.06 bits per heavy atom. The van der Waals surface area contributed by atoms with Crippen molar-refractivity contribution in [3.63, 3.8) is 0 Å². The molecular weight excluding hydrogens is 433 g/mol. The summed E-state index contributed by atoms with van der Waals surface area (Å²) in [4.78, 5) is 27.9. The number of benzene rings is 1. The SMILES string of the molecule is C[C@]1(COC(=O)N2CC=C(c3ccc(C(F)(F)F)cc3)CC2)Cn2cc([N+](=O)[O-])nc2O1. The Morgan fingerprint density at radius 3 is 2.62 bits per heavy atom. The topological polar surface area (TPSA) is 99.7 Å². The van der Waals surface area contributed by atoms with Gasteiger partial charge in [0.05, 0.1) is 12.1 Å². The van der Waals surface area contributed by atoms with Gasteiger partial charge >= 0.3 is 24.1 Å².